The van der Waals surface area contributed by atoms with Crippen molar-refractivity contribution in [2.24, 2.45) is 34.8 Å². The number of fused-ring (bicyclic) bond motifs is 1. The Bertz CT molecular complexity index is 699. The van der Waals surface area contributed by atoms with Crippen LogP contribution in [0.4, 0.5) is 0 Å². The van der Waals surface area contributed by atoms with Crippen LogP contribution in [0.1, 0.15) is 92.4 Å². The van der Waals surface area contributed by atoms with Crippen LogP contribution in [0.3, 0.4) is 0 Å². The predicted molar refractivity (Wildman–Crippen MR) is 131 cm³/mol. The van der Waals surface area contributed by atoms with E-state index in [1.807, 2.05) is 0 Å². The highest BCUT2D eigenvalue weighted by atomic mass is 16.3. The van der Waals surface area contributed by atoms with Gasteiger partial charge in [-0.25, -0.2) is 0 Å². The van der Waals surface area contributed by atoms with E-state index in [0.717, 1.165) is 23.8 Å². The van der Waals surface area contributed by atoms with E-state index in [2.05, 4.69) is 53.3 Å². The lowest BCUT2D eigenvalue weighted by Gasteiger charge is -2.45. The van der Waals surface area contributed by atoms with Crippen molar-refractivity contribution >= 4 is 0 Å². The lowest BCUT2D eigenvalue weighted by Crippen LogP contribution is -2.38. The Morgan fingerprint density at radius 2 is 1.81 bits per heavy atom. The zero-order valence-corrected chi connectivity index (χ0v) is 20.7. The molecule has 3 saturated carbocycles. The van der Waals surface area contributed by atoms with Crippen molar-refractivity contribution in [1.82, 2.24) is 0 Å². The van der Waals surface area contributed by atoms with Gasteiger partial charge in [0.2, 0.25) is 0 Å². The molecule has 3 fully saturated rings. The number of nitrogens with two attached hydrogens (primary N) is 1. The van der Waals surface area contributed by atoms with Crippen molar-refractivity contribution in [2.45, 2.75) is 110 Å². The third-order valence-electron chi connectivity index (χ3n) is 9.11. The quantitative estimate of drug-likeness (QED) is 0.459. The smallest absolute Gasteiger partial charge is 0.0809 e. The van der Waals surface area contributed by atoms with Crippen LogP contribution in [0.15, 0.2) is 35.5 Å². The fraction of sp³-hybridized carbons (Fsp3) is 0.786. The van der Waals surface area contributed by atoms with E-state index in [1.165, 1.54) is 38.5 Å². The van der Waals surface area contributed by atoms with Crippen LogP contribution in [0, 0.1) is 29.1 Å². The van der Waals surface area contributed by atoms with Crippen molar-refractivity contribution in [1.29, 1.82) is 0 Å². The average Bonchev–Trinajstić information content (AvgIpc) is 3.04. The van der Waals surface area contributed by atoms with Crippen LogP contribution >= 0.6 is 0 Å². The predicted octanol–water partition coefficient (Wildman–Crippen LogP) is 5.92. The number of hydrogen-bond acceptors (Lipinski definition) is 3. The summed E-state index contributed by atoms with van der Waals surface area (Å²) in [6.45, 7) is 15.6. The topological polar surface area (TPSA) is 66.5 Å². The summed E-state index contributed by atoms with van der Waals surface area (Å²) in [5, 5.41) is 20.3. The molecule has 176 valence electrons. The Hall–Kier alpha value is -0.900. The molecule has 0 aromatic carbocycles. The van der Waals surface area contributed by atoms with Crippen molar-refractivity contribution in [2.75, 3.05) is 0 Å². The van der Waals surface area contributed by atoms with E-state index < -0.39 is 12.2 Å². The van der Waals surface area contributed by atoms with Crippen LogP contribution in [0.25, 0.3) is 0 Å². The van der Waals surface area contributed by atoms with Crippen molar-refractivity contribution in [3.8, 4) is 0 Å². The molecule has 0 aromatic heterocycles. The van der Waals surface area contributed by atoms with Gasteiger partial charge < -0.3 is 15.9 Å². The molecule has 7 atom stereocenters. The molecule has 3 nitrogen and oxygen atoms in total. The molecule has 0 heterocycles. The molecule has 0 aromatic rings. The SMILES string of the molecule is C=C1[C@H](O)CC(=C/C=C2\CCC[C@@]3(C)C2CCC3[C@@H](C)[C@H](C)CCC(C)(C)N)C[C@H]1O. The van der Waals surface area contributed by atoms with Gasteiger partial charge in [-0.05, 0) is 106 Å². The van der Waals surface area contributed by atoms with Gasteiger partial charge in [0, 0.05) is 5.54 Å². The Morgan fingerprint density at radius 3 is 2.42 bits per heavy atom. The summed E-state index contributed by atoms with van der Waals surface area (Å²) in [7, 11) is 0. The Morgan fingerprint density at radius 1 is 1.16 bits per heavy atom. The Balaban J connectivity index is 1.71. The molecule has 0 spiro atoms. The van der Waals surface area contributed by atoms with Crippen LogP contribution in [-0.4, -0.2) is 28.0 Å². The second-order valence-electron chi connectivity index (χ2n) is 12.0. The minimum atomic E-state index is -0.610. The second kappa shape index (κ2) is 9.53. The molecule has 4 N–H and O–H groups in total. The summed E-state index contributed by atoms with van der Waals surface area (Å²) in [5.41, 5.74) is 9.89. The summed E-state index contributed by atoms with van der Waals surface area (Å²) in [5.74, 6) is 2.89. The van der Waals surface area contributed by atoms with E-state index >= 15 is 0 Å². The number of hydrogen-bond donors (Lipinski definition) is 3. The van der Waals surface area contributed by atoms with E-state index in [4.69, 9.17) is 5.73 Å². The maximum atomic E-state index is 10.2. The molecular formula is C28H47NO2. The molecule has 3 aliphatic rings. The maximum absolute atomic E-state index is 10.2. The maximum Gasteiger partial charge on any atom is 0.0809 e. The minimum absolute atomic E-state index is 0.0724. The zero-order chi connectivity index (χ0) is 23.0. The summed E-state index contributed by atoms with van der Waals surface area (Å²) >= 11 is 0. The van der Waals surface area contributed by atoms with E-state index in [1.54, 1.807) is 5.57 Å². The molecule has 3 aliphatic carbocycles. The third kappa shape index (κ3) is 5.54. The zero-order valence-electron chi connectivity index (χ0n) is 20.7. The normalized spacial score (nSPS) is 37.6. The molecule has 0 bridgehead atoms. The number of allylic oxidation sites excluding steroid dienone is 3. The van der Waals surface area contributed by atoms with Gasteiger partial charge in [0.05, 0.1) is 12.2 Å². The lowest BCUT2D eigenvalue weighted by molar-refractivity contribution is 0.0725. The van der Waals surface area contributed by atoms with E-state index in [-0.39, 0.29) is 5.54 Å². The summed E-state index contributed by atoms with van der Waals surface area (Å²) < 4.78 is 0. The largest absolute Gasteiger partial charge is 0.388 e. The highest BCUT2D eigenvalue weighted by Crippen LogP contribution is 2.60. The Labute approximate surface area is 190 Å². The first-order valence-corrected chi connectivity index (χ1v) is 12.6. The standard InChI is InChI=1S/C28H47NO2/c1-18(13-15-27(4,5)29)19(2)23-11-12-24-22(8-7-14-28(23,24)6)10-9-21-16-25(30)20(3)26(31)17-21/h9-10,18-19,23-26,30-31H,3,7-8,11-17,29H2,1-2,4-6H3/b22-10+/t18-,19+,23?,24?,25-,26-,28-/m1/s1. The van der Waals surface area contributed by atoms with Crippen LogP contribution in [-0.2, 0) is 0 Å². The number of aliphatic hydroxyl groups excluding tert-OH is 2. The summed E-state index contributed by atoms with van der Waals surface area (Å²) in [6, 6.07) is 0. The number of rotatable bonds is 6. The molecular weight excluding hydrogens is 382 g/mol. The molecule has 0 amide bonds. The summed E-state index contributed by atoms with van der Waals surface area (Å²) in [6.07, 6.45) is 13.3. The molecule has 2 unspecified atom stereocenters. The van der Waals surface area contributed by atoms with Gasteiger partial charge in [-0.1, -0.05) is 50.6 Å². The van der Waals surface area contributed by atoms with Gasteiger partial charge >= 0.3 is 0 Å². The first kappa shape index (κ1) is 24.7. The third-order valence-corrected chi connectivity index (χ3v) is 9.11. The van der Waals surface area contributed by atoms with Crippen LogP contribution in [0.5, 0.6) is 0 Å². The highest BCUT2D eigenvalue weighted by Gasteiger charge is 2.51. The first-order valence-electron chi connectivity index (χ1n) is 12.6. The van der Waals surface area contributed by atoms with E-state index in [9.17, 15) is 10.2 Å². The van der Waals surface area contributed by atoms with Gasteiger partial charge in [-0.15, -0.1) is 0 Å². The van der Waals surface area contributed by atoms with Crippen LogP contribution < -0.4 is 5.73 Å². The average molecular weight is 430 g/mol. The molecule has 0 radical (unpaired) electrons. The van der Waals surface area contributed by atoms with Crippen molar-refractivity contribution < 1.29 is 10.2 Å². The molecule has 31 heavy (non-hydrogen) atoms. The number of aliphatic hydroxyl groups is 2. The lowest BCUT2D eigenvalue weighted by atomic mass is 9.59. The van der Waals surface area contributed by atoms with Gasteiger partial charge in [0.25, 0.3) is 0 Å². The minimum Gasteiger partial charge on any atom is -0.388 e. The van der Waals surface area contributed by atoms with Crippen molar-refractivity contribution in [3.63, 3.8) is 0 Å². The first-order chi connectivity index (χ1) is 14.4. The van der Waals surface area contributed by atoms with Gasteiger partial charge in [0.15, 0.2) is 0 Å². The Kier molecular flexibility index (Phi) is 7.61. The highest BCUT2D eigenvalue weighted by molar-refractivity contribution is 5.29. The fourth-order valence-electron chi connectivity index (χ4n) is 6.83. The monoisotopic (exact) mass is 429 g/mol. The second-order valence-corrected chi connectivity index (χ2v) is 12.0. The van der Waals surface area contributed by atoms with Gasteiger partial charge in [-0.3, -0.25) is 0 Å². The van der Waals surface area contributed by atoms with E-state index in [0.29, 0.717) is 35.7 Å². The fourth-order valence-corrected chi connectivity index (χ4v) is 6.83. The van der Waals surface area contributed by atoms with Crippen molar-refractivity contribution in [3.05, 3.63) is 35.5 Å². The van der Waals surface area contributed by atoms with Gasteiger partial charge in [-0.2, -0.15) is 0 Å². The van der Waals surface area contributed by atoms with Gasteiger partial charge in [0.1, 0.15) is 0 Å². The molecule has 0 aliphatic heterocycles. The molecule has 0 saturated heterocycles. The van der Waals surface area contributed by atoms with Crippen LogP contribution in [0.2, 0.25) is 0 Å². The molecule has 3 rings (SSSR count). The summed E-state index contributed by atoms with van der Waals surface area (Å²) in [4.78, 5) is 0. The molecule has 3 heteroatoms.